The molecule has 1 aromatic heterocycles. The van der Waals surface area contributed by atoms with E-state index in [1.54, 1.807) is 12.1 Å². The van der Waals surface area contributed by atoms with Crippen LogP contribution in [0.2, 0.25) is 0 Å². The van der Waals surface area contributed by atoms with E-state index in [1.165, 1.54) is 11.3 Å². The zero-order chi connectivity index (χ0) is 17.0. The number of carbonyl (C=O) groups is 2. The average molecular weight is 334 g/mol. The standard InChI is InChI=1S/C20H18N2O3/c1-8-4-16(23)21-15-5-9(2-3-10(8)15)22-19(24)17-13-7-14(12-6-11(12)13)18(17)20(22)25/h2-5,11-14,17-18H,6-7H2,1H3,(H,21,23)/t11-,12+,13+,14-,17-,18+. The summed E-state index contributed by atoms with van der Waals surface area (Å²) in [5.41, 5.74) is 1.98. The molecule has 1 saturated heterocycles. The van der Waals surface area contributed by atoms with Crippen molar-refractivity contribution in [1.29, 1.82) is 0 Å². The van der Waals surface area contributed by atoms with E-state index in [2.05, 4.69) is 4.98 Å². The first kappa shape index (κ1) is 13.8. The number of aryl methyl sites for hydroxylation is 1. The molecular weight excluding hydrogens is 316 g/mol. The van der Waals surface area contributed by atoms with E-state index in [0.717, 1.165) is 17.4 Å². The van der Waals surface area contributed by atoms with Crippen molar-refractivity contribution in [1.82, 2.24) is 4.98 Å². The maximum absolute atomic E-state index is 13.1. The number of H-pyrrole nitrogens is 1. The van der Waals surface area contributed by atoms with Crippen LogP contribution >= 0.6 is 0 Å². The number of hydrogen-bond acceptors (Lipinski definition) is 3. The first-order chi connectivity index (χ1) is 12.0. The number of aromatic amines is 1. The number of amides is 2. The molecule has 2 aromatic rings. The van der Waals surface area contributed by atoms with Gasteiger partial charge in [0.2, 0.25) is 17.4 Å². The highest BCUT2D eigenvalue weighted by Gasteiger charge is 2.71. The van der Waals surface area contributed by atoms with Crippen LogP contribution in [-0.2, 0) is 9.59 Å². The molecule has 0 spiro atoms. The number of carbonyl (C=O) groups excluding carboxylic acids is 2. The van der Waals surface area contributed by atoms with Gasteiger partial charge in [0.05, 0.1) is 23.0 Å². The van der Waals surface area contributed by atoms with Gasteiger partial charge in [0.25, 0.3) is 0 Å². The van der Waals surface area contributed by atoms with Gasteiger partial charge in [-0.2, -0.15) is 0 Å². The zero-order valence-electron chi connectivity index (χ0n) is 13.9. The number of anilines is 1. The van der Waals surface area contributed by atoms with Crippen LogP contribution in [0.1, 0.15) is 18.4 Å². The van der Waals surface area contributed by atoms with Crippen molar-refractivity contribution >= 4 is 28.4 Å². The third-order valence-corrected chi connectivity index (χ3v) is 7.15. The number of nitrogens with zero attached hydrogens (tertiary/aromatic N) is 1. The molecule has 6 rings (SSSR count). The first-order valence-corrected chi connectivity index (χ1v) is 9.06. The monoisotopic (exact) mass is 334 g/mol. The molecular formula is C20H18N2O3. The van der Waals surface area contributed by atoms with Crippen molar-refractivity contribution < 1.29 is 9.59 Å². The number of fused-ring (bicyclic) bond motifs is 9. The second-order valence-electron chi connectivity index (χ2n) is 8.24. The Morgan fingerprint density at radius 1 is 0.920 bits per heavy atom. The van der Waals surface area contributed by atoms with Gasteiger partial charge in [0.1, 0.15) is 0 Å². The van der Waals surface area contributed by atoms with Crippen LogP contribution in [0.4, 0.5) is 5.69 Å². The Kier molecular flexibility index (Phi) is 2.33. The second-order valence-corrected chi connectivity index (χ2v) is 8.24. The van der Waals surface area contributed by atoms with Gasteiger partial charge in [-0.3, -0.25) is 14.4 Å². The molecule has 4 aliphatic rings. The molecule has 1 N–H and O–H groups in total. The van der Waals surface area contributed by atoms with Crippen LogP contribution in [0.3, 0.4) is 0 Å². The Hall–Kier alpha value is -2.43. The van der Waals surface area contributed by atoms with Crippen molar-refractivity contribution in [2.75, 3.05) is 4.90 Å². The minimum absolute atomic E-state index is 0.0257. The zero-order valence-corrected chi connectivity index (χ0v) is 13.9. The summed E-state index contributed by atoms with van der Waals surface area (Å²) in [6.45, 7) is 1.89. The van der Waals surface area contributed by atoms with Gasteiger partial charge in [0.15, 0.2) is 0 Å². The number of pyridine rings is 1. The van der Waals surface area contributed by atoms with E-state index >= 15 is 0 Å². The SMILES string of the molecule is Cc1cc(=O)[nH]c2cc(N3C(=O)[C@@H]4[C@H]5C[C@H]([C@H]6C[C@H]65)[C@@H]4C3=O)ccc12. The number of imide groups is 1. The van der Waals surface area contributed by atoms with E-state index in [9.17, 15) is 14.4 Å². The molecule has 25 heavy (non-hydrogen) atoms. The van der Waals surface area contributed by atoms with Crippen LogP contribution in [0.25, 0.3) is 10.9 Å². The molecule has 3 saturated carbocycles. The molecule has 1 aromatic carbocycles. The average Bonchev–Trinajstić information content (AvgIpc) is 3.08. The van der Waals surface area contributed by atoms with Crippen molar-refractivity contribution in [3.8, 4) is 0 Å². The van der Waals surface area contributed by atoms with Crippen LogP contribution < -0.4 is 10.5 Å². The molecule has 6 atom stereocenters. The minimum atomic E-state index is -0.170. The molecule has 5 heteroatoms. The fourth-order valence-corrected chi connectivity index (χ4v) is 6.14. The Morgan fingerprint density at radius 3 is 2.24 bits per heavy atom. The van der Waals surface area contributed by atoms with Crippen molar-refractivity contribution in [3.05, 3.63) is 40.2 Å². The quantitative estimate of drug-likeness (QED) is 0.813. The highest BCUT2D eigenvalue weighted by atomic mass is 16.2. The van der Waals surface area contributed by atoms with Crippen molar-refractivity contribution in [3.63, 3.8) is 0 Å². The number of aromatic nitrogens is 1. The van der Waals surface area contributed by atoms with E-state index in [4.69, 9.17) is 0 Å². The summed E-state index contributed by atoms with van der Waals surface area (Å²) in [4.78, 5) is 42.1. The Bertz CT molecular complexity index is 1010. The molecule has 5 nitrogen and oxygen atoms in total. The first-order valence-electron chi connectivity index (χ1n) is 9.06. The highest BCUT2D eigenvalue weighted by molar-refractivity contribution is 6.23. The number of benzene rings is 1. The third kappa shape index (κ3) is 1.57. The second kappa shape index (κ2) is 4.21. The van der Waals surface area contributed by atoms with Crippen molar-refractivity contribution in [2.45, 2.75) is 19.8 Å². The molecule has 4 fully saturated rings. The van der Waals surface area contributed by atoms with Gasteiger partial charge in [-0.25, -0.2) is 4.90 Å². The van der Waals surface area contributed by atoms with Gasteiger partial charge in [-0.05, 0) is 61.1 Å². The molecule has 2 amide bonds. The normalized spacial score (nSPS) is 37.7. The highest BCUT2D eigenvalue weighted by Crippen LogP contribution is 2.71. The predicted octanol–water partition coefficient (Wildman–Crippen LogP) is 2.23. The molecule has 126 valence electrons. The van der Waals surface area contributed by atoms with Gasteiger partial charge < -0.3 is 4.98 Å². The van der Waals surface area contributed by atoms with Crippen molar-refractivity contribution in [2.24, 2.45) is 35.5 Å². The number of rotatable bonds is 1. The Labute approximate surface area is 144 Å². The number of hydrogen-bond donors (Lipinski definition) is 1. The topological polar surface area (TPSA) is 70.2 Å². The molecule has 0 radical (unpaired) electrons. The Morgan fingerprint density at radius 2 is 1.56 bits per heavy atom. The van der Waals surface area contributed by atoms with E-state index in [0.29, 0.717) is 34.9 Å². The lowest BCUT2D eigenvalue weighted by atomic mass is 9.81. The summed E-state index contributed by atoms with van der Waals surface area (Å²) in [6, 6.07) is 7.04. The fourth-order valence-electron chi connectivity index (χ4n) is 6.14. The largest absolute Gasteiger partial charge is 0.322 e. The lowest BCUT2D eigenvalue weighted by Crippen LogP contribution is -2.33. The summed E-state index contributed by atoms with van der Waals surface area (Å²) in [5.74, 6) is 1.97. The minimum Gasteiger partial charge on any atom is -0.322 e. The molecule has 0 unspecified atom stereocenters. The van der Waals surface area contributed by atoms with Crippen LogP contribution in [0, 0.1) is 42.4 Å². The molecule has 2 bridgehead atoms. The van der Waals surface area contributed by atoms with Gasteiger partial charge >= 0.3 is 0 Å². The summed E-state index contributed by atoms with van der Waals surface area (Å²) < 4.78 is 0. The maximum Gasteiger partial charge on any atom is 0.248 e. The van der Waals surface area contributed by atoms with Crippen LogP contribution in [-0.4, -0.2) is 16.8 Å². The summed E-state index contributed by atoms with van der Waals surface area (Å²) >= 11 is 0. The smallest absolute Gasteiger partial charge is 0.248 e. The lowest BCUT2D eigenvalue weighted by molar-refractivity contribution is -0.123. The molecule has 1 aliphatic heterocycles. The molecule has 3 aliphatic carbocycles. The number of nitrogens with one attached hydrogen (secondary N) is 1. The van der Waals surface area contributed by atoms with Gasteiger partial charge in [0, 0.05) is 11.5 Å². The lowest BCUT2D eigenvalue weighted by Gasteiger charge is -2.18. The summed E-state index contributed by atoms with van der Waals surface area (Å²) in [6.07, 6.45) is 2.29. The van der Waals surface area contributed by atoms with Gasteiger partial charge in [-0.1, -0.05) is 6.07 Å². The van der Waals surface area contributed by atoms with Crippen LogP contribution in [0.15, 0.2) is 29.1 Å². The molecule has 2 heterocycles. The van der Waals surface area contributed by atoms with E-state index in [1.807, 2.05) is 19.1 Å². The summed E-state index contributed by atoms with van der Waals surface area (Å²) in [7, 11) is 0. The fraction of sp³-hybridized carbons (Fsp3) is 0.450. The third-order valence-electron chi connectivity index (χ3n) is 7.15. The maximum atomic E-state index is 13.1. The Balaban J connectivity index is 1.46. The summed E-state index contributed by atoms with van der Waals surface area (Å²) in [5, 5.41) is 0.934. The van der Waals surface area contributed by atoms with Gasteiger partial charge in [-0.15, -0.1) is 0 Å². The predicted molar refractivity (Wildman–Crippen MR) is 92.0 cm³/mol. The van der Waals surface area contributed by atoms with E-state index < -0.39 is 0 Å². The van der Waals surface area contributed by atoms with E-state index in [-0.39, 0.29) is 29.2 Å². The van der Waals surface area contributed by atoms with Crippen LogP contribution in [0.5, 0.6) is 0 Å².